The summed E-state index contributed by atoms with van der Waals surface area (Å²) in [5.74, 6) is 1.09. The summed E-state index contributed by atoms with van der Waals surface area (Å²) in [6.45, 7) is 0.383. The van der Waals surface area contributed by atoms with E-state index in [2.05, 4.69) is 22.6 Å². The fourth-order valence-electron chi connectivity index (χ4n) is 3.44. The first kappa shape index (κ1) is 25.8. The number of anilines is 2. The van der Waals surface area contributed by atoms with Crippen LogP contribution in [0, 0.1) is 3.57 Å². The Morgan fingerprint density at radius 3 is 2.43 bits per heavy atom. The minimum Gasteiger partial charge on any atom is -0.493 e. The number of rotatable bonds is 7. The minimum atomic E-state index is -0.144. The molecule has 5 nitrogen and oxygen atoms in total. The summed E-state index contributed by atoms with van der Waals surface area (Å²) in [5, 5.41) is 0.682. The van der Waals surface area contributed by atoms with Gasteiger partial charge in [-0.25, -0.2) is 0 Å². The first-order valence-corrected chi connectivity index (χ1v) is 13.2. The highest BCUT2D eigenvalue weighted by molar-refractivity contribution is 14.1. The van der Waals surface area contributed by atoms with Gasteiger partial charge >= 0.3 is 0 Å². The Bertz CT molecular complexity index is 1300. The average Bonchev–Trinajstić information content (AvgIpc) is 3.11. The number of carbonyl (C=O) groups is 1. The van der Waals surface area contributed by atoms with E-state index in [1.807, 2.05) is 85.7 Å². The van der Waals surface area contributed by atoms with Crippen LogP contribution >= 0.6 is 58.2 Å². The smallest absolute Gasteiger partial charge is 0.270 e. The lowest BCUT2D eigenvalue weighted by Crippen LogP contribution is -2.27. The molecule has 9 heteroatoms. The van der Waals surface area contributed by atoms with Gasteiger partial charge in [-0.15, -0.1) is 0 Å². The van der Waals surface area contributed by atoms with Gasteiger partial charge in [-0.3, -0.25) is 9.69 Å². The van der Waals surface area contributed by atoms with Gasteiger partial charge in [0.15, 0.2) is 15.8 Å². The first-order valence-electron chi connectivity index (χ1n) is 10.6. The topological polar surface area (TPSA) is 42.0 Å². The predicted molar refractivity (Wildman–Crippen MR) is 158 cm³/mol. The molecular weight excluding hydrogens is 615 g/mol. The van der Waals surface area contributed by atoms with Crippen LogP contribution in [0.4, 0.5) is 11.4 Å². The van der Waals surface area contributed by atoms with Gasteiger partial charge in [-0.1, -0.05) is 47.7 Å². The van der Waals surface area contributed by atoms with Crippen LogP contribution in [0.5, 0.6) is 11.5 Å². The number of benzene rings is 3. The van der Waals surface area contributed by atoms with Crippen molar-refractivity contribution < 1.29 is 14.3 Å². The largest absolute Gasteiger partial charge is 0.493 e. The van der Waals surface area contributed by atoms with Crippen molar-refractivity contribution in [2.24, 2.45) is 0 Å². The summed E-state index contributed by atoms with van der Waals surface area (Å²) in [5.41, 5.74) is 3.63. The molecule has 4 rings (SSSR count). The number of hydrogen-bond donors (Lipinski definition) is 0. The molecule has 0 bridgehead atoms. The molecule has 35 heavy (non-hydrogen) atoms. The number of carbonyl (C=O) groups excluding carboxylic acids is 1. The van der Waals surface area contributed by atoms with E-state index in [0.29, 0.717) is 32.4 Å². The maximum Gasteiger partial charge on any atom is 0.270 e. The van der Waals surface area contributed by atoms with Crippen LogP contribution in [0.2, 0.25) is 5.02 Å². The van der Waals surface area contributed by atoms with Gasteiger partial charge in [0.25, 0.3) is 5.91 Å². The van der Waals surface area contributed by atoms with E-state index < -0.39 is 0 Å². The highest BCUT2D eigenvalue weighted by Crippen LogP contribution is 2.39. The van der Waals surface area contributed by atoms with Gasteiger partial charge in [0.2, 0.25) is 0 Å². The Kier molecular flexibility index (Phi) is 8.26. The molecule has 1 amide bonds. The highest BCUT2D eigenvalue weighted by Gasteiger charge is 2.33. The van der Waals surface area contributed by atoms with E-state index in [0.717, 1.165) is 26.1 Å². The van der Waals surface area contributed by atoms with Gasteiger partial charge in [-0.05, 0) is 88.3 Å². The molecule has 0 saturated carbocycles. The Hall–Kier alpha value is -2.27. The van der Waals surface area contributed by atoms with Crippen LogP contribution in [0.15, 0.2) is 65.6 Å². The third-order valence-corrected chi connectivity index (χ3v) is 7.62. The number of amides is 1. The van der Waals surface area contributed by atoms with Crippen LogP contribution in [0.25, 0.3) is 6.08 Å². The Labute approximate surface area is 233 Å². The number of thiocarbonyl (C=S) groups is 1. The number of hydrogen-bond acceptors (Lipinski definition) is 6. The second-order valence-corrected chi connectivity index (χ2v) is 11.2. The quantitative estimate of drug-likeness (QED) is 0.158. The summed E-state index contributed by atoms with van der Waals surface area (Å²) in [4.78, 5) is 17.3. The fraction of sp³-hybridized carbons (Fsp3) is 0.154. The molecule has 0 spiro atoms. The molecule has 1 aliphatic rings. The molecular formula is C26H22ClIN2O3S2. The number of thioether (sulfide) groups is 1. The van der Waals surface area contributed by atoms with Crippen LogP contribution in [0.1, 0.15) is 11.1 Å². The molecule has 3 aromatic rings. The molecule has 1 aliphatic heterocycles. The van der Waals surface area contributed by atoms with Crippen molar-refractivity contribution in [1.29, 1.82) is 0 Å². The third kappa shape index (κ3) is 5.94. The van der Waals surface area contributed by atoms with Crippen molar-refractivity contribution >= 4 is 85.9 Å². The zero-order valence-electron chi connectivity index (χ0n) is 19.2. The van der Waals surface area contributed by atoms with Crippen molar-refractivity contribution in [2.45, 2.75) is 6.61 Å². The summed E-state index contributed by atoms with van der Waals surface area (Å²) < 4.78 is 13.0. The molecule has 1 saturated heterocycles. The second kappa shape index (κ2) is 11.2. The van der Waals surface area contributed by atoms with Crippen LogP contribution < -0.4 is 19.3 Å². The Balaban J connectivity index is 1.55. The molecule has 0 aromatic heterocycles. The lowest BCUT2D eigenvalue weighted by Gasteiger charge is -2.17. The Morgan fingerprint density at radius 1 is 1.11 bits per heavy atom. The number of methoxy groups -OCH3 is 1. The standard InChI is InChI=1S/C26H22ClIN2O3S2/c1-29(2)19-8-10-20(11-9-19)30-25(31)23(35-26(30)34)14-17-12-21(28)24(22(13-17)32-3)33-15-16-4-6-18(27)7-5-16/h4-14H,15H2,1-3H3/b23-14+. The van der Waals surface area contributed by atoms with E-state index in [1.54, 1.807) is 12.0 Å². The minimum absolute atomic E-state index is 0.144. The van der Waals surface area contributed by atoms with Crippen molar-refractivity contribution in [2.75, 3.05) is 31.0 Å². The maximum absolute atomic E-state index is 13.2. The maximum atomic E-state index is 13.2. The third-order valence-electron chi connectivity index (χ3n) is 5.26. The van der Waals surface area contributed by atoms with Crippen molar-refractivity contribution in [3.63, 3.8) is 0 Å². The molecule has 0 atom stereocenters. The summed E-state index contributed by atoms with van der Waals surface area (Å²) >= 11 is 15.0. The van der Waals surface area contributed by atoms with Crippen molar-refractivity contribution in [3.8, 4) is 11.5 Å². The summed E-state index contributed by atoms with van der Waals surface area (Å²) in [7, 11) is 5.54. The number of nitrogens with zero attached hydrogens (tertiary/aromatic N) is 2. The van der Waals surface area contributed by atoms with Gasteiger partial charge in [-0.2, -0.15) is 0 Å². The van der Waals surface area contributed by atoms with E-state index >= 15 is 0 Å². The molecule has 0 unspecified atom stereocenters. The number of ether oxygens (including phenoxy) is 2. The molecule has 180 valence electrons. The lowest BCUT2D eigenvalue weighted by atomic mass is 10.1. The monoisotopic (exact) mass is 636 g/mol. The number of halogens is 2. The zero-order chi connectivity index (χ0) is 25.1. The lowest BCUT2D eigenvalue weighted by molar-refractivity contribution is -0.113. The molecule has 0 aliphatic carbocycles. The van der Waals surface area contributed by atoms with E-state index in [4.69, 9.17) is 33.3 Å². The normalized spacial score (nSPS) is 14.5. The molecule has 1 fully saturated rings. The second-order valence-electron chi connectivity index (χ2n) is 7.88. The summed E-state index contributed by atoms with van der Waals surface area (Å²) in [6, 6.07) is 19.1. The SMILES string of the molecule is COc1cc(/C=C2/SC(=S)N(c3ccc(N(C)C)cc3)C2=O)cc(I)c1OCc1ccc(Cl)cc1. The van der Waals surface area contributed by atoms with Gasteiger partial charge in [0, 0.05) is 24.8 Å². The molecule has 0 radical (unpaired) electrons. The molecule has 0 N–H and O–H groups in total. The van der Waals surface area contributed by atoms with Crippen molar-refractivity contribution in [3.05, 3.63) is 85.3 Å². The average molecular weight is 637 g/mol. The fourth-order valence-corrected chi connectivity index (χ4v) is 5.65. The van der Waals surface area contributed by atoms with Gasteiger partial charge in [0.05, 0.1) is 21.3 Å². The van der Waals surface area contributed by atoms with E-state index in [9.17, 15) is 4.79 Å². The van der Waals surface area contributed by atoms with E-state index in [1.165, 1.54) is 11.8 Å². The van der Waals surface area contributed by atoms with Crippen molar-refractivity contribution in [1.82, 2.24) is 0 Å². The van der Waals surface area contributed by atoms with Crippen LogP contribution in [-0.2, 0) is 11.4 Å². The molecule has 1 heterocycles. The highest BCUT2D eigenvalue weighted by atomic mass is 127. The van der Waals surface area contributed by atoms with E-state index in [-0.39, 0.29) is 5.91 Å². The molecule has 3 aromatic carbocycles. The van der Waals surface area contributed by atoms with Gasteiger partial charge < -0.3 is 14.4 Å². The summed E-state index contributed by atoms with van der Waals surface area (Å²) in [6.07, 6.45) is 1.83. The zero-order valence-corrected chi connectivity index (χ0v) is 23.8. The van der Waals surface area contributed by atoms with Gasteiger partial charge in [0.1, 0.15) is 6.61 Å². The Morgan fingerprint density at radius 2 is 1.80 bits per heavy atom. The van der Waals surface area contributed by atoms with Crippen LogP contribution in [-0.4, -0.2) is 31.4 Å². The van der Waals surface area contributed by atoms with Crippen LogP contribution in [0.3, 0.4) is 0 Å². The predicted octanol–water partition coefficient (Wildman–Crippen LogP) is 7.00. The first-order chi connectivity index (χ1) is 16.8.